The topological polar surface area (TPSA) is 19.4 Å². The third kappa shape index (κ3) is 1.89. The average Bonchev–Trinajstić information content (AvgIpc) is 2.89. The maximum Gasteiger partial charge on any atom is 0.185 e. The van der Waals surface area contributed by atoms with Gasteiger partial charge in [0.15, 0.2) is 5.13 Å². The lowest BCUT2D eigenvalue weighted by atomic mass is 9.76. The molecule has 2 saturated heterocycles. The summed E-state index contributed by atoms with van der Waals surface area (Å²) >= 11 is 1.75. The van der Waals surface area contributed by atoms with E-state index >= 15 is 0 Å². The van der Waals surface area contributed by atoms with Crippen LogP contribution >= 0.6 is 11.3 Å². The molecule has 0 unspecified atom stereocenters. The Bertz CT molecular complexity index is 379. The van der Waals surface area contributed by atoms with Gasteiger partial charge in [0.25, 0.3) is 0 Å². The summed E-state index contributed by atoms with van der Waals surface area (Å²) in [6.07, 6.45) is 7.86. The summed E-state index contributed by atoms with van der Waals surface area (Å²) < 4.78 is 0. The number of aromatic nitrogens is 1. The van der Waals surface area contributed by atoms with E-state index in [0.29, 0.717) is 5.54 Å². The molecule has 0 aliphatic carbocycles. The normalized spacial score (nSPS) is 23.6. The second-order valence-corrected chi connectivity index (χ2v) is 5.88. The lowest BCUT2D eigenvalue weighted by Crippen LogP contribution is -2.64. The van der Waals surface area contributed by atoms with Gasteiger partial charge in [-0.25, -0.2) is 4.98 Å². The third-order valence-electron chi connectivity index (χ3n) is 4.25. The van der Waals surface area contributed by atoms with Gasteiger partial charge < -0.3 is 4.90 Å². The number of hydrogen-bond acceptors (Lipinski definition) is 4. The molecule has 2 aliphatic heterocycles. The molecule has 0 atom stereocenters. The summed E-state index contributed by atoms with van der Waals surface area (Å²) in [7, 11) is 0. The SMILES string of the molecule is C=CCN1CCC12CCN(c1nccs1)CC2. The maximum absolute atomic E-state index is 4.40. The lowest BCUT2D eigenvalue weighted by molar-refractivity contribution is -0.0227. The molecule has 0 N–H and O–H groups in total. The Morgan fingerprint density at radius 3 is 2.65 bits per heavy atom. The first-order valence-corrected chi connectivity index (χ1v) is 7.22. The van der Waals surface area contributed by atoms with Crippen LogP contribution in [0.1, 0.15) is 19.3 Å². The van der Waals surface area contributed by atoms with E-state index in [4.69, 9.17) is 0 Å². The second-order valence-electron chi connectivity index (χ2n) is 5.01. The molecule has 1 aromatic rings. The summed E-state index contributed by atoms with van der Waals surface area (Å²) in [5.41, 5.74) is 0.488. The van der Waals surface area contributed by atoms with Crippen LogP contribution in [0.2, 0.25) is 0 Å². The number of hydrogen-bond donors (Lipinski definition) is 0. The zero-order valence-electron chi connectivity index (χ0n) is 10.1. The van der Waals surface area contributed by atoms with E-state index in [1.165, 1.54) is 30.9 Å². The largest absolute Gasteiger partial charge is 0.348 e. The van der Waals surface area contributed by atoms with E-state index < -0.39 is 0 Å². The van der Waals surface area contributed by atoms with Crippen LogP contribution < -0.4 is 4.90 Å². The van der Waals surface area contributed by atoms with Gasteiger partial charge in [0, 0.05) is 43.3 Å². The van der Waals surface area contributed by atoms with Gasteiger partial charge in [0.2, 0.25) is 0 Å². The van der Waals surface area contributed by atoms with Crippen molar-refractivity contribution in [3.8, 4) is 0 Å². The van der Waals surface area contributed by atoms with E-state index in [9.17, 15) is 0 Å². The second kappa shape index (κ2) is 4.42. The van der Waals surface area contributed by atoms with E-state index in [1.54, 1.807) is 11.3 Å². The highest BCUT2D eigenvalue weighted by Crippen LogP contribution is 2.40. The molecule has 92 valence electrons. The fraction of sp³-hybridized carbons (Fsp3) is 0.615. The van der Waals surface area contributed by atoms with Crippen molar-refractivity contribution in [2.75, 3.05) is 31.1 Å². The molecule has 1 spiro atoms. The van der Waals surface area contributed by atoms with Crippen molar-refractivity contribution < 1.29 is 0 Å². The molecule has 2 fully saturated rings. The zero-order valence-corrected chi connectivity index (χ0v) is 11.0. The molecular weight excluding hydrogens is 230 g/mol. The fourth-order valence-electron chi connectivity index (χ4n) is 3.08. The van der Waals surface area contributed by atoms with Gasteiger partial charge in [-0.15, -0.1) is 17.9 Å². The third-order valence-corrected chi connectivity index (χ3v) is 5.08. The van der Waals surface area contributed by atoms with Gasteiger partial charge >= 0.3 is 0 Å². The van der Waals surface area contributed by atoms with Gasteiger partial charge in [-0.3, -0.25) is 4.90 Å². The number of anilines is 1. The average molecular weight is 249 g/mol. The van der Waals surface area contributed by atoms with Gasteiger partial charge in [-0.05, 0) is 19.3 Å². The Morgan fingerprint density at radius 2 is 2.12 bits per heavy atom. The highest BCUT2D eigenvalue weighted by Gasteiger charge is 2.45. The van der Waals surface area contributed by atoms with Crippen molar-refractivity contribution in [3.63, 3.8) is 0 Å². The highest BCUT2D eigenvalue weighted by molar-refractivity contribution is 7.13. The summed E-state index contributed by atoms with van der Waals surface area (Å²) in [4.78, 5) is 9.43. The van der Waals surface area contributed by atoms with Gasteiger partial charge in [0.05, 0.1) is 0 Å². The first-order valence-electron chi connectivity index (χ1n) is 6.34. The molecule has 1 aromatic heterocycles. The first-order chi connectivity index (χ1) is 8.34. The molecule has 3 rings (SSSR count). The van der Waals surface area contributed by atoms with E-state index in [1.807, 2.05) is 12.3 Å². The predicted octanol–water partition coefficient (Wildman–Crippen LogP) is 2.37. The summed E-state index contributed by atoms with van der Waals surface area (Å²) in [5, 5.41) is 3.25. The minimum atomic E-state index is 0.488. The minimum Gasteiger partial charge on any atom is -0.348 e. The number of nitrogens with zero attached hydrogens (tertiary/aromatic N) is 3. The monoisotopic (exact) mass is 249 g/mol. The van der Waals surface area contributed by atoms with Gasteiger partial charge in [0.1, 0.15) is 0 Å². The maximum atomic E-state index is 4.40. The van der Waals surface area contributed by atoms with Crippen molar-refractivity contribution in [2.24, 2.45) is 0 Å². The van der Waals surface area contributed by atoms with Crippen LogP contribution in [0.4, 0.5) is 5.13 Å². The van der Waals surface area contributed by atoms with E-state index in [0.717, 1.165) is 19.6 Å². The van der Waals surface area contributed by atoms with Crippen LogP contribution in [0.15, 0.2) is 24.2 Å². The van der Waals surface area contributed by atoms with Crippen molar-refractivity contribution in [3.05, 3.63) is 24.2 Å². The van der Waals surface area contributed by atoms with Crippen LogP contribution in [0.3, 0.4) is 0 Å². The summed E-state index contributed by atoms with van der Waals surface area (Å²) in [6, 6.07) is 0. The summed E-state index contributed by atoms with van der Waals surface area (Å²) in [6.45, 7) is 8.47. The number of likely N-dealkylation sites (tertiary alicyclic amines) is 1. The molecular formula is C13H19N3S. The molecule has 3 heterocycles. The Hall–Kier alpha value is -0.870. The Labute approximate surface area is 107 Å². The molecule has 0 radical (unpaired) electrons. The van der Waals surface area contributed by atoms with E-state index in [-0.39, 0.29) is 0 Å². The Morgan fingerprint density at radius 1 is 1.35 bits per heavy atom. The Kier molecular flexibility index (Phi) is 2.92. The van der Waals surface area contributed by atoms with Crippen LogP contribution in [0, 0.1) is 0 Å². The quantitative estimate of drug-likeness (QED) is 0.767. The van der Waals surface area contributed by atoms with E-state index in [2.05, 4.69) is 26.7 Å². The first kappa shape index (κ1) is 11.2. The van der Waals surface area contributed by atoms with Crippen molar-refractivity contribution in [1.29, 1.82) is 0 Å². The predicted molar refractivity (Wildman–Crippen MR) is 72.7 cm³/mol. The molecule has 0 saturated carbocycles. The van der Waals surface area contributed by atoms with Crippen LogP contribution in [-0.2, 0) is 0 Å². The molecule has 0 amide bonds. The molecule has 4 heteroatoms. The summed E-state index contributed by atoms with van der Waals surface area (Å²) in [5.74, 6) is 0. The van der Waals surface area contributed by atoms with Crippen molar-refractivity contribution >= 4 is 16.5 Å². The minimum absolute atomic E-state index is 0.488. The van der Waals surface area contributed by atoms with Crippen LogP contribution in [-0.4, -0.2) is 41.6 Å². The lowest BCUT2D eigenvalue weighted by Gasteiger charge is -2.56. The standard InChI is InChI=1S/C13H19N3S/c1-2-7-16-10-5-13(16)3-8-15(9-4-13)12-14-6-11-17-12/h2,6,11H,1,3-5,7-10H2. The van der Waals surface area contributed by atoms with Gasteiger partial charge in [-0.1, -0.05) is 6.08 Å². The molecule has 3 nitrogen and oxygen atoms in total. The van der Waals surface area contributed by atoms with Crippen molar-refractivity contribution in [2.45, 2.75) is 24.8 Å². The van der Waals surface area contributed by atoms with Gasteiger partial charge in [-0.2, -0.15) is 0 Å². The molecule has 17 heavy (non-hydrogen) atoms. The number of thiazole rings is 1. The smallest absolute Gasteiger partial charge is 0.185 e. The fourth-order valence-corrected chi connectivity index (χ4v) is 3.78. The van der Waals surface area contributed by atoms with Crippen molar-refractivity contribution in [1.82, 2.24) is 9.88 Å². The van der Waals surface area contributed by atoms with Crippen LogP contribution in [0.25, 0.3) is 0 Å². The number of piperidine rings is 1. The molecule has 0 bridgehead atoms. The molecule has 2 aliphatic rings. The molecule has 0 aromatic carbocycles. The highest BCUT2D eigenvalue weighted by atomic mass is 32.1. The number of rotatable bonds is 3. The zero-order chi connectivity index (χ0) is 11.7. The van der Waals surface area contributed by atoms with Crippen LogP contribution in [0.5, 0.6) is 0 Å². The Balaban J connectivity index is 1.62.